The van der Waals surface area contributed by atoms with Crippen LogP contribution >= 0.6 is 27.5 Å². The Kier molecular flexibility index (Phi) is 2.14. The number of benzene rings is 1. The lowest BCUT2D eigenvalue weighted by atomic mass is 10.2. The van der Waals surface area contributed by atoms with Crippen molar-refractivity contribution in [3.8, 4) is 0 Å². The normalized spacial score (nSPS) is 10.6. The fourth-order valence-corrected chi connectivity index (χ4v) is 2.05. The van der Waals surface area contributed by atoms with Crippen molar-refractivity contribution in [1.29, 1.82) is 0 Å². The molecule has 0 saturated heterocycles. The molecule has 0 radical (unpaired) electrons. The van der Waals surface area contributed by atoms with Gasteiger partial charge >= 0.3 is 0 Å². The zero-order valence-electron chi connectivity index (χ0n) is 6.59. The fourth-order valence-electron chi connectivity index (χ4n) is 1.17. The molecular formula is C9H6BrClN2. The SMILES string of the molecule is Nc1ccc2cc(Br)cc(Cl)c2n1. The zero-order valence-corrected chi connectivity index (χ0v) is 8.93. The summed E-state index contributed by atoms with van der Waals surface area (Å²) in [5.41, 5.74) is 6.29. The summed E-state index contributed by atoms with van der Waals surface area (Å²) < 4.78 is 0.941. The molecule has 4 heteroatoms. The molecule has 1 aromatic carbocycles. The molecule has 2 rings (SSSR count). The maximum atomic E-state index is 5.99. The molecule has 0 aliphatic rings. The van der Waals surface area contributed by atoms with Gasteiger partial charge in [0.05, 0.1) is 10.5 Å². The molecule has 66 valence electrons. The van der Waals surface area contributed by atoms with Crippen LogP contribution < -0.4 is 5.73 Å². The van der Waals surface area contributed by atoms with Gasteiger partial charge in [-0.25, -0.2) is 4.98 Å². The van der Waals surface area contributed by atoms with Crippen molar-refractivity contribution in [2.75, 3.05) is 5.73 Å². The van der Waals surface area contributed by atoms with Gasteiger partial charge in [-0.05, 0) is 24.3 Å². The highest BCUT2D eigenvalue weighted by atomic mass is 79.9. The second-order valence-corrected chi connectivity index (χ2v) is 4.02. The Labute approximate surface area is 88.8 Å². The molecule has 2 aromatic rings. The lowest BCUT2D eigenvalue weighted by Gasteiger charge is -2.01. The molecule has 1 heterocycles. The van der Waals surface area contributed by atoms with Gasteiger partial charge in [0.1, 0.15) is 5.82 Å². The minimum Gasteiger partial charge on any atom is -0.384 e. The summed E-state index contributed by atoms with van der Waals surface area (Å²) in [6.45, 7) is 0. The number of pyridine rings is 1. The summed E-state index contributed by atoms with van der Waals surface area (Å²) in [7, 11) is 0. The third-order valence-corrected chi connectivity index (χ3v) is 2.48. The first-order valence-corrected chi connectivity index (χ1v) is 4.85. The molecular weight excluding hydrogens is 251 g/mol. The lowest BCUT2D eigenvalue weighted by molar-refractivity contribution is 1.41. The molecule has 0 amide bonds. The number of rotatable bonds is 0. The Morgan fingerprint density at radius 2 is 2.08 bits per heavy atom. The van der Waals surface area contributed by atoms with Gasteiger partial charge in [-0.2, -0.15) is 0 Å². The van der Waals surface area contributed by atoms with Crippen molar-refractivity contribution < 1.29 is 0 Å². The van der Waals surface area contributed by atoms with Crippen LogP contribution in [0.25, 0.3) is 10.9 Å². The van der Waals surface area contributed by atoms with Crippen molar-refractivity contribution in [2.24, 2.45) is 0 Å². The van der Waals surface area contributed by atoms with Gasteiger partial charge in [-0.1, -0.05) is 27.5 Å². The molecule has 0 saturated carbocycles. The van der Waals surface area contributed by atoms with E-state index >= 15 is 0 Å². The lowest BCUT2D eigenvalue weighted by Crippen LogP contribution is -1.90. The monoisotopic (exact) mass is 256 g/mol. The molecule has 0 atom stereocenters. The Bertz CT molecular complexity index is 470. The number of hydrogen-bond donors (Lipinski definition) is 1. The van der Waals surface area contributed by atoms with Crippen LogP contribution in [-0.4, -0.2) is 4.98 Å². The molecule has 2 N–H and O–H groups in total. The van der Waals surface area contributed by atoms with E-state index in [2.05, 4.69) is 20.9 Å². The second kappa shape index (κ2) is 3.16. The number of hydrogen-bond acceptors (Lipinski definition) is 2. The maximum Gasteiger partial charge on any atom is 0.124 e. The third kappa shape index (κ3) is 1.62. The minimum atomic E-state index is 0.483. The Morgan fingerprint density at radius 1 is 1.31 bits per heavy atom. The average molecular weight is 258 g/mol. The van der Waals surface area contributed by atoms with Crippen LogP contribution in [-0.2, 0) is 0 Å². The van der Waals surface area contributed by atoms with Gasteiger partial charge in [0.15, 0.2) is 0 Å². The number of nitrogens with zero attached hydrogens (tertiary/aromatic N) is 1. The molecule has 0 aliphatic heterocycles. The largest absolute Gasteiger partial charge is 0.384 e. The molecule has 2 nitrogen and oxygen atoms in total. The van der Waals surface area contributed by atoms with Crippen molar-refractivity contribution >= 4 is 44.3 Å². The Hall–Kier alpha value is -0.800. The standard InChI is InChI=1S/C9H6BrClN2/c10-6-3-5-1-2-8(12)13-9(5)7(11)4-6/h1-4H,(H2,12,13). The molecule has 0 aliphatic carbocycles. The summed E-state index contributed by atoms with van der Waals surface area (Å²) >= 11 is 9.34. The highest BCUT2D eigenvalue weighted by Gasteiger charge is 2.02. The first-order chi connectivity index (χ1) is 6.16. The van der Waals surface area contributed by atoms with E-state index in [4.69, 9.17) is 17.3 Å². The van der Waals surface area contributed by atoms with E-state index in [0.29, 0.717) is 10.8 Å². The molecule has 0 unspecified atom stereocenters. The van der Waals surface area contributed by atoms with Gasteiger partial charge in [0.2, 0.25) is 0 Å². The van der Waals surface area contributed by atoms with Gasteiger partial charge in [0.25, 0.3) is 0 Å². The summed E-state index contributed by atoms with van der Waals surface area (Å²) in [6, 6.07) is 7.41. The van der Waals surface area contributed by atoms with E-state index in [1.165, 1.54) is 0 Å². The van der Waals surface area contributed by atoms with E-state index in [1.807, 2.05) is 12.1 Å². The van der Waals surface area contributed by atoms with Gasteiger partial charge in [-0.3, -0.25) is 0 Å². The van der Waals surface area contributed by atoms with Crippen LogP contribution in [0.3, 0.4) is 0 Å². The van der Waals surface area contributed by atoms with Crippen LogP contribution in [0.2, 0.25) is 5.02 Å². The summed E-state index contributed by atoms with van der Waals surface area (Å²) in [5.74, 6) is 0.483. The minimum absolute atomic E-state index is 0.483. The van der Waals surface area contributed by atoms with Crippen LogP contribution in [0.15, 0.2) is 28.7 Å². The highest BCUT2D eigenvalue weighted by Crippen LogP contribution is 2.27. The van der Waals surface area contributed by atoms with Crippen LogP contribution in [0.5, 0.6) is 0 Å². The van der Waals surface area contributed by atoms with Gasteiger partial charge in [0, 0.05) is 9.86 Å². The number of nitrogen functional groups attached to an aromatic ring is 1. The van der Waals surface area contributed by atoms with E-state index in [-0.39, 0.29) is 0 Å². The van der Waals surface area contributed by atoms with Crippen molar-refractivity contribution in [1.82, 2.24) is 4.98 Å². The number of halogens is 2. The highest BCUT2D eigenvalue weighted by molar-refractivity contribution is 9.10. The fraction of sp³-hybridized carbons (Fsp3) is 0. The number of anilines is 1. The maximum absolute atomic E-state index is 5.99. The first-order valence-electron chi connectivity index (χ1n) is 3.68. The molecule has 0 bridgehead atoms. The van der Waals surface area contributed by atoms with Crippen molar-refractivity contribution in [2.45, 2.75) is 0 Å². The zero-order chi connectivity index (χ0) is 9.42. The van der Waals surface area contributed by atoms with Crippen LogP contribution in [0.1, 0.15) is 0 Å². The van der Waals surface area contributed by atoms with E-state index in [9.17, 15) is 0 Å². The smallest absolute Gasteiger partial charge is 0.124 e. The van der Waals surface area contributed by atoms with Crippen LogP contribution in [0.4, 0.5) is 5.82 Å². The summed E-state index contributed by atoms with van der Waals surface area (Å²) in [6.07, 6.45) is 0. The molecule has 0 spiro atoms. The predicted octanol–water partition coefficient (Wildman–Crippen LogP) is 3.23. The Morgan fingerprint density at radius 3 is 2.85 bits per heavy atom. The third-order valence-electron chi connectivity index (χ3n) is 1.73. The van der Waals surface area contributed by atoms with E-state index in [0.717, 1.165) is 15.4 Å². The Balaban J connectivity index is 2.87. The van der Waals surface area contributed by atoms with Crippen LogP contribution in [0, 0.1) is 0 Å². The number of aromatic nitrogens is 1. The van der Waals surface area contributed by atoms with Crippen molar-refractivity contribution in [3.63, 3.8) is 0 Å². The summed E-state index contributed by atoms with van der Waals surface area (Å²) in [4.78, 5) is 4.14. The van der Waals surface area contributed by atoms with Gasteiger partial charge < -0.3 is 5.73 Å². The predicted molar refractivity (Wildman–Crippen MR) is 58.9 cm³/mol. The number of fused-ring (bicyclic) bond motifs is 1. The number of nitrogens with two attached hydrogens (primary N) is 1. The van der Waals surface area contributed by atoms with E-state index < -0.39 is 0 Å². The topological polar surface area (TPSA) is 38.9 Å². The summed E-state index contributed by atoms with van der Waals surface area (Å²) in [5, 5.41) is 1.59. The molecule has 13 heavy (non-hydrogen) atoms. The quantitative estimate of drug-likeness (QED) is 0.787. The second-order valence-electron chi connectivity index (χ2n) is 2.70. The average Bonchev–Trinajstić information content (AvgIpc) is 2.06. The first kappa shape index (κ1) is 8.78. The van der Waals surface area contributed by atoms with Crippen molar-refractivity contribution in [3.05, 3.63) is 33.8 Å². The molecule has 1 aromatic heterocycles. The van der Waals surface area contributed by atoms with E-state index in [1.54, 1.807) is 12.1 Å². The molecule has 0 fully saturated rings. The van der Waals surface area contributed by atoms with Gasteiger partial charge in [-0.15, -0.1) is 0 Å².